The molecule has 0 heterocycles. The Kier molecular flexibility index (Phi) is 5.22. The maximum Gasteiger partial charge on any atom is 0.122 e. The van der Waals surface area contributed by atoms with E-state index in [0.717, 1.165) is 25.0 Å². The Morgan fingerprint density at radius 2 is 1.94 bits per heavy atom. The van der Waals surface area contributed by atoms with Crippen LogP contribution in [0.25, 0.3) is 0 Å². The molecule has 2 nitrogen and oxygen atoms in total. The van der Waals surface area contributed by atoms with Crippen LogP contribution >= 0.6 is 0 Å². The van der Waals surface area contributed by atoms with Gasteiger partial charge in [0, 0.05) is 6.42 Å². The topological polar surface area (TPSA) is 33.0 Å². The third-order valence-corrected chi connectivity index (χ3v) is 3.13. The highest BCUT2D eigenvalue weighted by Gasteiger charge is 2.15. The average molecular weight is 245 g/mol. The summed E-state index contributed by atoms with van der Waals surface area (Å²) in [6.07, 6.45) is 3.62. The monoisotopic (exact) mass is 245 g/mol. The smallest absolute Gasteiger partial charge is 0.122 e. The molecule has 0 atom stereocenters. The van der Waals surface area contributed by atoms with Crippen molar-refractivity contribution in [1.29, 1.82) is 5.26 Å². The molecule has 1 aromatic rings. The minimum Gasteiger partial charge on any atom is -0.496 e. The number of rotatable bonds is 5. The summed E-state index contributed by atoms with van der Waals surface area (Å²) in [5.41, 5.74) is 2.75. The van der Waals surface area contributed by atoms with Gasteiger partial charge in [0.15, 0.2) is 0 Å². The first-order chi connectivity index (χ1) is 8.49. The lowest BCUT2D eigenvalue weighted by Crippen LogP contribution is -2.11. The zero-order valence-corrected chi connectivity index (χ0v) is 11.9. The van der Waals surface area contributed by atoms with Crippen molar-refractivity contribution in [3.8, 4) is 11.8 Å². The number of unbranched alkanes of at least 4 members (excludes halogenated alkanes) is 2. The summed E-state index contributed by atoms with van der Waals surface area (Å²) in [6, 6.07) is 8.62. The third kappa shape index (κ3) is 4.07. The summed E-state index contributed by atoms with van der Waals surface area (Å²) >= 11 is 0. The van der Waals surface area contributed by atoms with Crippen LogP contribution in [0.2, 0.25) is 0 Å². The molecule has 18 heavy (non-hydrogen) atoms. The van der Waals surface area contributed by atoms with E-state index in [4.69, 9.17) is 10.00 Å². The molecule has 0 aliphatic heterocycles. The summed E-state index contributed by atoms with van der Waals surface area (Å²) in [5.74, 6) is 0.958. The molecule has 0 N–H and O–H groups in total. The highest BCUT2D eigenvalue weighted by Crippen LogP contribution is 2.28. The summed E-state index contributed by atoms with van der Waals surface area (Å²) in [4.78, 5) is 0. The van der Waals surface area contributed by atoms with Crippen LogP contribution in [0.1, 0.15) is 51.2 Å². The largest absolute Gasteiger partial charge is 0.496 e. The fourth-order valence-corrected chi connectivity index (χ4v) is 1.96. The fourth-order valence-electron chi connectivity index (χ4n) is 1.96. The number of nitriles is 1. The lowest BCUT2D eigenvalue weighted by Gasteiger charge is -2.21. The molecule has 2 heteroatoms. The molecule has 0 aliphatic carbocycles. The summed E-state index contributed by atoms with van der Waals surface area (Å²) < 4.78 is 5.41. The zero-order chi connectivity index (χ0) is 13.6. The zero-order valence-electron chi connectivity index (χ0n) is 11.9. The van der Waals surface area contributed by atoms with Crippen molar-refractivity contribution in [2.75, 3.05) is 7.11 Å². The van der Waals surface area contributed by atoms with Crippen LogP contribution in [0.3, 0.4) is 0 Å². The van der Waals surface area contributed by atoms with E-state index in [9.17, 15) is 0 Å². The minimum absolute atomic E-state index is 0.160. The van der Waals surface area contributed by atoms with Gasteiger partial charge in [-0.2, -0.15) is 5.26 Å². The van der Waals surface area contributed by atoms with Crippen LogP contribution in [0.5, 0.6) is 5.75 Å². The van der Waals surface area contributed by atoms with Gasteiger partial charge in [-0.3, -0.25) is 0 Å². The van der Waals surface area contributed by atoms with Gasteiger partial charge in [-0.25, -0.2) is 0 Å². The van der Waals surface area contributed by atoms with E-state index in [2.05, 4.69) is 45.0 Å². The molecule has 1 aromatic carbocycles. The van der Waals surface area contributed by atoms with Crippen LogP contribution in [0.4, 0.5) is 0 Å². The van der Waals surface area contributed by atoms with Gasteiger partial charge in [0.1, 0.15) is 5.75 Å². The number of ether oxygens (including phenoxy) is 1. The number of nitrogens with zero attached hydrogens (tertiary/aromatic N) is 1. The Morgan fingerprint density at radius 1 is 1.22 bits per heavy atom. The quantitative estimate of drug-likeness (QED) is 0.727. The molecule has 98 valence electrons. The molecule has 0 radical (unpaired) electrons. The molecule has 0 saturated carbocycles. The Bertz CT molecular complexity index is 424. The van der Waals surface area contributed by atoms with Crippen molar-refractivity contribution in [1.82, 2.24) is 0 Å². The molecule has 0 amide bonds. The number of methoxy groups -OCH3 is 1. The Morgan fingerprint density at radius 3 is 2.50 bits per heavy atom. The van der Waals surface area contributed by atoms with Gasteiger partial charge >= 0.3 is 0 Å². The van der Waals surface area contributed by atoms with Crippen molar-refractivity contribution in [2.45, 2.75) is 51.9 Å². The predicted octanol–water partition coefficient (Wildman–Crippen LogP) is 4.23. The van der Waals surface area contributed by atoms with Crippen molar-refractivity contribution >= 4 is 0 Å². The second kappa shape index (κ2) is 6.44. The van der Waals surface area contributed by atoms with Crippen molar-refractivity contribution in [3.63, 3.8) is 0 Å². The summed E-state index contributed by atoms with van der Waals surface area (Å²) in [7, 11) is 1.71. The van der Waals surface area contributed by atoms with E-state index in [1.807, 2.05) is 0 Å². The highest BCUT2D eigenvalue weighted by molar-refractivity contribution is 5.39. The first-order valence-electron chi connectivity index (χ1n) is 6.53. The lowest BCUT2D eigenvalue weighted by atomic mass is 9.85. The van der Waals surface area contributed by atoms with Gasteiger partial charge in [0.05, 0.1) is 13.2 Å². The second-order valence-corrected chi connectivity index (χ2v) is 5.64. The molecule has 1 rings (SSSR count). The Hall–Kier alpha value is -1.49. The molecule has 0 unspecified atom stereocenters. The first-order valence-corrected chi connectivity index (χ1v) is 6.53. The molecule has 0 saturated heterocycles. The van der Waals surface area contributed by atoms with E-state index >= 15 is 0 Å². The minimum atomic E-state index is 0.160. The van der Waals surface area contributed by atoms with Crippen LogP contribution < -0.4 is 4.74 Å². The maximum absolute atomic E-state index is 8.54. The first kappa shape index (κ1) is 14.6. The van der Waals surface area contributed by atoms with Gasteiger partial charge in [0.2, 0.25) is 0 Å². The van der Waals surface area contributed by atoms with Gasteiger partial charge in [-0.1, -0.05) is 32.9 Å². The standard InChI is InChI=1S/C16H23NO/c1-16(2,3)14-9-10-15(18-4)13(12-14)8-6-5-7-11-17/h9-10,12H,5-8H2,1-4H3. The second-order valence-electron chi connectivity index (χ2n) is 5.64. The molecule has 0 aromatic heterocycles. The van der Waals surface area contributed by atoms with E-state index < -0.39 is 0 Å². The van der Waals surface area contributed by atoms with E-state index in [1.165, 1.54) is 11.1 Å². The molecule has 0 spiro atoms. The predicted molar refractivity (Wildman–Crippen MR) is 74.9 cm³/mol. The van der Waals surface area contributed by atoms with Crippen LogP contribution in [0.15, 0.2) is 18.2 Å². The van der Waals surface area contributed by atoms with Crippen LogP contribution in [0, 0.1) is 11.3 Å². The van der Waals surface area contributed by atoms with Crippen LogP contribution in [-0.2, 0) is 11.8 Å². The normalized spacial score (nSPS) is 11.1. The fraction of sp³-hybridized carbons (Fsp3) is 0.562. The molecule has 0 fully saturated rings. The highest BCUT2D eigenvalue weighted by atomic mass is 16.5. The van der Waals surface area contributed by atoms with E-state index in [-0.39, 0.29) is 5.41 Å². The number of benzene rings is 1. The number of hydrogen-bond donors (Lipinski definition) is 0. The van der Waals surface area contributed by atoms with Crippen molar-refractivity contribution in [2.24, 2.45) is 0 Å². The van der Waals surface area contributed by atoms with Crippen molar-refractivity contribution < 1.29 is 4.74 Å². The summed E-state index contributed by atoms with van der Waals surface area (Å²) in [5, 5.41) is 8.54. The van der Waals surface area contributed by atoms with Gasteiger partial charge in [-0.05, 0) is 41.9 Å². The summed E-state index contributed by atoms with van der Waals surface area (Å²) in [6.45, 7) is 6.65. The van der Waals surface area contributed by atoms with Crippen molar-refractivity contribution in [3.05, 3.63) is 29.3 Å². The van der Waals surface area contributed by atoms with Crippen LogP contribution in [-0.4, -0.2) is 7.11 Å². The Balaban J connectivity index is 2.83. The third-order valence-electron chi connectivity index (χ3n) is 3.13. The van der Waals surface area contributed by atoms with Gasteiger partial charge in [-0.15, -0.1) is 0 Å². The van der Waals surface area contributed by atoms with E-state index in [0.29, 0.717) is 6.42 Å². The van der Waals surface area contributed by atoms with E-state index in [1.54, 1.807) is 7.11 Å². The Labute approximate surface area is 111 Å². The molecular weight excluding hydrogens is 222 g/mol. The molecular formula is C16H23NO. The average Bonchev–Trinajstić information content (AvgIpc) is 2.33. The number of aryl methyl sites for hydroxylation is 1. The van der Waals surface area contributed by atoms with Gasteiger partial charge in [0.25, 0.3) is 0 Å². The maximum atomic E-state index is 8.54. The number of hydrogen-bond acceptors (Lipinski definition) is 2. The molecule has 0 bridgehead atoms. The van der Waals surface area contributed by atoms with Gasteiger partial charge < -0.3 is 4.74 Å². The SMILES string of the molecule is COc1ccc(C(C)(C)C)cc1CCCCC#N. The lowest BCUT2D eigenvalue weighted by molar-refractivity contribution is 0.408. The molecule has 0 aliphatic rings.